The summed E-state index contributed by atoms with van der Waals surface area (Å²) in [5, 5.41) is 7.34. The van der Waals surface area contributed by atoms with Gasteiger partial charge in [0.05, 0.1) is 0 Å². The molecular weight excluding hydrogens is 527 g/mol. The molecule has 1 rings (SSSR count). The second kappa shape index (κ2) is 25.1. The standard InChI is InChI=1S/C17H33N3P2.3CO.BrH.Mn/c1-12(2)21(13(3)4)19-16-10-9-11-17(18-16)20-22(14(5)6)15(7)8;3*1-2;;/h9-15H,1-8H3,(H2,18,19,20);;;;1H;/p-1. The van der Waals surface area contributed by atoms with E-state index in [0.717, 1.165) is 11.6 Å². The van der Waals surface area contributed by atoms with Crippen LogP contribution in [0.4, 0.5) is 11.6 Å². The Bertz CT molecular complexity index is 518. The summed E-state index contributed by atoms with van der Waals surface area (Å²) in [5.74, 6) is 2.00. The zero-order valence-corrected chi connectivity index (χ0v) is 23.4. The molecule has 0 saturated heterocycles. The topological polar surface area (TPSA) is 96.7 Å². The molecule has 0 saturated carbocycles. The van der Waals surface area contributed by atoms with Crippen molar-refractivity contribution in [2.45, 2.75) is 78.0 Å². The number of rotatable bonds is 8. The summed E-state index contributed by atoms with van der Waals surface area (Å²) >= 11 is 0. The van der Waals surface area contributed by atoms with Crippen LogP contribution in [0.25, 0.3) is 0 Å². The summed E-state index contributed by atoms with van der Waals surface area (Å²) in [5.41, 5.74) is 2.60. The predicted octanol–water partition coefficient (Wildman–Crippen LogP) is 3.22. The van der Waals surface area contributed by atoms with Gasteiger partial charge >= 0.3 is 33.9 Å². The van der Waals surface area contributed by atoms with Crippen LogP contribution in [0.2, 0.25) is 0 Å². The van der Waals surface area contributed by atoms with E-state index in [1.54, 1.807) is 0 Å². The average Bonchev–Trinajstić information content (AvgIpc) is 2.68. The third kappa shape index (κ3) is 17.5. The molecule has 0 unspecified atom stereocenters. The fourth-order valence-corrected chi connectivity index (χ4v) is 6.73. The molecule has 10 heteroatoms. The van der Waals surface area contributed by atoms with Crippen LogP contribution < -0.4 is 27.2 Å². The van der Waals surface area contributed by atoms with Gasteiger partial charge in [-0.1, -0.05) is 61.5 Å². The molecule has 1 radical (unpaired) electrons. The van der Waals surface area contributed by atoms with Crippen molar-refractivity contribution in [1.29, 1.82) is 0 Å². The van der Waals surface area contributed by atoms with Crippen LogP contribution in [0.5, 0.6) is 0 Å². The molecule has 0 aromatic carbocycles. The molecule has 0 aliphatic rings. The molecule has 6 nitrogen and oxygen atoms in total. The average molecular weight is 560 g/mol. The SMILES string of the molecule is CC(C)P(Nc1cccc(NP(C(C)C)C(C)C)n1)C(C)C.[Br-].[C-]#[O+].[C-]#[O+].[C-]#[O+].[Mn]. The van der Waals surface area contributed by atoms with Crippen LogP contribution in [0.3, 0.4) is 0 Å². The minimum Gasteiger partial charge on any atom is 0 e. The van der Waals surface area contributed by atoms with Gasteiger partial charge in [-0.15, -0.1) is 0 Å². The monoisotopic (exact) mass is 559 g/mol. The molecule has 0 spiro atoms. The summed E-state index contributed by atoms with van der Waals surface area (Å²) < 4.78 is 22.5. The smallest absolute Gasteiger partial charge is 0 e. The van der Waals surface area contributed by atoms with Crippen molar-refractivity contribution < 1.29 is 48.0 Å². The summed E-state index contributed by atoms with van der Waals surface area (Å²) in [4.78, 5) is 4.79. The molecule has 171 valence electrons. The maximum Gasteiger partial charge on any atom is 0 e. The van der Waals surface area contributed by atoms with Crippen LogP contribution in [0.1, 0.15) is 55.4 Å². The molecule has 0 fully saturated rings. The third-order valence-electron chi connectivity index (χ3n) is 3.46. The fourth-order valence-electron chi connectivity index (χ4n) is 2.53. The Morgan fingerprint density at radius 2 is 0.900 bits per heavy atom. The first-order chi connectivity index (χ1) is 13.2. The fraction of sp³-hybridized carbons (Fsp3) is 0.600. The van der Waals surface area contributed by atoms with Crippen molar-refractivity contribution in [3.05, 3.63) is 38.2 Å². The Balaban J connectivity index is -0.000000238. The van der Waals surface area contributed by atoms with Gasteiger partial charge in [-0.3, -0.25) is 0 Å². The van der Waals surface area contributed by atoms with Crippen LogP contribution >= 0.6 is 16.1 Å². The largest absolute Gasteiger partial charge is 0 e. The Hall–Kier alpha value is -0.171. The van der Waals surface area contributed by atoms with Crippen molar-refractivity contribution in [2.75, 3.05) is 10.2 Å². The first kappa shape index (κ1) is 40.2. The second-order valence-electron chi connectivity index (χ2n) is 6.82. The van der Waals surface area contributed by atoms with Crippen LogP contribution in [0.15, 0.2) is 18.2 Å². The first-order valence-corrected chi connectivity index (χ1v) is 11.9. The van der Waals surface area contributed by atoms with Gasteiger partial charge < -0.3 is 27.2 Å². The zero-order chi connectivity index (χ0) is 22.9. The second-order valence-corrected chi connectivity index (χ2v) is 13.0. The summed E-state index contributed by atoms with van der Waals surface area (Å²) in [6.07, 6.45) is 0. The number of nitrogens with one attached hydrogen (secondary N) is 2. The van der Waals surface area contributed by atoms with Gasteiger partial charge in [-0.2, -0.15) is 0 Å². The molecule has 0 bridgehead atoms. The Morgan fingerprint density at radius 3 is 1.10 bits per heavy atom. The van der Waals surface area contributed by atoms with Crippen LogP contribution in [-0.4, -0.2) is 27.6 Å². The van der Waals surface area contributed by atoms with Crippen molar-refractivity contribution in [1.82, 2.24) is 4.98 Å². The Morgan fingerprint density at radius 1 is 0.667 bits per heavy atom. The third-order valence-corrected chi connectivity index (χ3v) is 8.89. The molecule has 0 aliphatic carbocycles. The summed E-state index contributed by atoms with van der Waals surface area (Å²) in [6, 6.07) is 6.26. The van der Waals surface area contributed by atoms with Gasteiger partial charge in [-0.05, 0) is 50.9 Å². The Labute approximate surface area is 206 Å². The molecule has 0 aliphatic heterocycles. The van der Waals surface area contributed by atoms with E-state index in [1.165, 1.54) is 0 Å². The van der Waals surface area contributed by atoms with Crippen molar-refractivity contribution >= 4 is 27.8 Å². The van der Waals surface area contributed by atoms with E-state index in [2.05, 4.69) is 104 Å². The van der Waals surface area contributed by atoms with Crippen molar-refractivity contribution in [2.24, 2.45) is 0 Å². The number of hydrogen-bond donors (Lipinski definition) is 2. The van der Waals surface area contributed by atoms with Gasteiger partial charge in [0.25, 0.3) is 0 Å². The van der Waals surface area contributed by atoms with Crippen molar-refractivity contribution in [3.8, 4) is 0 Å². The van der Waals surface area contributed by atoms with Gasteiger partial charge in [0, 0.05) is 17.1 Å². The van der Waals surface area contributed by atoms with E-state index in [-0.39, 0.29) is 50.2 Å². The molecular formula is C20H33BrMnN3O3P2-. The number of hydrogen-bond acceptors (Lipinski definition) is 3. The van der Waals surface area contributed by atoms with E-state index in [0.29, 0.717) is 22.6 Å². The summed E-state index contributed by atoms with van der Waals surface area (Å²) in [7, 11) is -0.495. The van der Waals surface area contributed by atoms with Crippen LogP contribution in [-0.2, 0) is 31.0 Å². The van der Waals surface area contributed by atoms with Crippen molar-refractivity contribution in [3.63, 3.8) is 0 Å². The predicted molar refractivity (Wildman–Crippen MR) is 118 cm³/mol. The molecule has 0 atom stereocenters. The maximum absolute atomic E-state index is 7.50. The number of halogens is 1. The quantitative estimate of drug-likeness (QED) is 0.221. The minimum absolute atomic E-state index is 0. The molecule has 0 amide bonds. The van der Waals surface area contributed by atoms with Gasteiger partial charge in [0.2, 0.25) is 0 Å². The van der Waals surface area contributed by atoms with E-state index >= 15 is 0 Å². The van der Waals surface area contributed by atoms with Gasteiger partial charge in [-0.25, -0.2) is 4.98 Å². The summed E-state index contributed by atoms with van der Waals surface area (Å²) in [6.45, 7) is 31.8. The first-order valence-electron chi connectivity index (χ1n) is 8.90. The Kier molecular flexibility index (Phi) is 33.6. The zero-order valence-electron chi connectivity index (χ0n) is 18.9. The maximum atomic E-state index is 7.50. The van der Waals surface area contributed by atoms with E-state index in [4.69, 9.17) is 18.9 Å². The number of pyridine rings is 1. The van der Waals surface area contributed by atoms with Gasteiger partial charge in [0.15, 0.2) is 0 Å². The normalized spacial score (nSPS) is 9.20. The van der Waals surface area contributed by atoms with E-state index in [9.17, 15) is 0 Å². The van der Waals surface area contributed by atoms with E-state index < -0.39 is 0 Å². The minimum atomic E-state index is -0.248. The molecule has 30 heavy (non-hydrogen) atoms. The number of anilines is 2. The molecule has 1 aromatic heterocycles. The number of aromatic nitrogens is 1. The number of nitrogens with zero attached hydrogens (tertiary/aromatic N) is 1. The molecule has 2 N–H and O–H groups in total. The molecule has 1 aromatic rings. The van der Waals surface area contributed by atoms with Gasteiger partial charge in [0.1, 0.15) is 11.6 Å². The molecule has 1 heterocycles. The van der Waals surface area contributed by atoms with Crippen LogP contribution in [0, 0.1) is 20.0 Å². The van der Waals surface area contributed by atoms with E-state index in [1.807, 2.05) is 0 Å².